The number of methoxy groups -OCH3 is 1. The Balaban J connectivity index is 1.94. The van der Waals surface area contributed by atoms with Gasteiger partial charge in [-0.3, -0.25) is 10.2 Å². The van der Waals surface area contributed by atoms with Gasteiger partial charge in [-0.2, -0.15) is 5.10 Å². The standard InChI is InChI=1S/C16H12Cl2N4O2S/c1-24-11-5-2-9(3-6-11)14-19-20-16(25)22(14)21-15(23)12-7-4-10(17)8-13(12)18/h2-8H,1H3,(H,20,25)(H,21,23). The van der Waals surface area contributed by atoms with Crippen molar-refractivity contribution >= 4 is 41.3 Å². The molecule has 25 heavy (non-hydrogen) atoms. The number of hydrogen-bond donors (Lipinski definition) is 2. The van der Waals surface area contributed by atoms with Crippen LogP contribution in [0.2, 0.25) is 10.0 Å². The van der Waals surface area contributed by atoms with E-state index in [9.17, 15) is 4.79 Å². The molecule has 0 saturated carbocycles. The predicted molar refractivity (Wildman–Crippen MR) is 99.6 cm³/mol. The predicted octanol–water partition coefficient (Wildman–Crippen LogP) is 4.31. The van der Waals surface area contributed by atoms with Gasteiger partial charge in [0.1, 0.15) is 5.75 Å². The van der Waals surface area contributed by atoms with E-state index in [1.54, 1.807) is 25.3 Å². The lowest BCUT2D eigenvalue weighted by molar-refractivity contribution is 0.101. The lowest BCUT2D eigenvalue weighted by Gasteiger charge is -2.10. The van der Waals surface area contributed by atoms with Crippen LogP contribution in [0.1, 0.15) is 10.4 Å². The summed E-state index contributed by atoms with van der Waals surface area (Å²) in [5, 5.41) is 7.51. The third-order valence-corrected chi connectivity index (χ3v) is 4.23. The number of amides is 1. The topological polar surface area (TPSA) is 71.9 Å². The summed E-state index contributed by atoms with van der Waals surface area (Å²) in [6.07, 6.45) is 0. The molecule has 0 atom stereocenters. The molecule has 3 aromatic rings. The number of nitrogens with one attached hydrogen (secondary N) is 2. The monoisotopic (exact) mass is 394 g/mol. The lowest BCUT2D eigenvalue weighted by atomic mass is 10.2. The van der Waals surface area contributed by atoms with Gasteiger partial charge in [-0.15, -0.1) is 0 Å². The summed E-state index contributed by atoms with van der Waals surface area (Å²) in [7, 11) is 1.58. The molecule has 0 fully saturated rings. The van der Waals surface area contributed by atoms with Crippen LogP contribution in [0.5, 0.6) is 5.75 Å². The minimum absolute atomic E-state index is 0.240. The molecule has 2 aromatic carbocycles. The van der Waals surface area contributed by atoms with E-state index in [2.05, 4.69) is 15.6 Å². The van der Waals surface area contributed by atoms with Crippen molar-refractivity contribution in [2.75, 3.05) is 12.5 Å². The molecule has 0 aliphatic heterocycles. The Morgan fingerprint density at radius 3 is 2.60 bits per heavy atom. The molecule has 128 valence electrons. The first-order chi connectivity index (χ1) is 12.0. The Bertz CT molecular complexity index is 983. The Labute approximate surface area is 158 Å². The molecule has 0 spiro atoms. The Morgan fingerprint density at radius 1 is 1.24 bits per heavy atom. The summed E-state index contributed by atoms with van der Waals surface area (Å²) in [5.41, 5.74) is 3.70. The number of benzene rings is 2. The molecule has 0 bridgehead atoms. The minimum Gasteiger partial charge on any atom is -0.497 e. The van der Waals surface area contributed by atoms with Gasteiger partial charge in [0.15, 0.2) is 5.82 Å². The number of carbonyl (C=O) groups is 1. The van der Waals surface area contributed by atoms with E-state index in [4.69, 9.17) is 40.2 Å². The van der Waals surface area contributed by atoms with Gasteiger partial charge in [-0.1, -0.05) is 23.2 Å². The molecule has 0 aliphatic rings. The van der Waals surface area contributed by atoms with Gasteiger partial charge in [0, 0.05) is 10.6 Å². The number of halogens is 2. The Kier molecular flexibility index (Phi) is 5.08. The summed E-state index contributed by atoms with van der Waals surface area (Å²) in [5.74, 6) is 0.724. The summed E-state index contributed by atoms with van der Waals surface area (Å²) in [6.45, 7) is 0. The van der Waals surface area contributed by atoms with Crippen molar-refractivity contribution in [1.82, 2.24) is 14.9 Å². The molecule has 1 heterocycles. The van der Waals surface area contributed by atoms with E-state index in [-0.39, 0.29) is 15.4 Å². The molecule has 6 nitrogen and oxygen atoms in total. The van der Waals surface area contributed by atoms with Crippen LogP contribution in [0.15, 0.2) is 42.5 Å². The quantitative estimate of drug-likeness (QED) is 0.646. The zero-order valence-corrected chi connectivity index (χ0v) is 15.2. The van der Waals surface area contributed by atoms with Crippen molar-refractivity contribution < 1.29 is 9.53 Å². The fourth-order valence-electron chi connectivity index (χ4n) is 2.17. The van der Waals surface area contributed by atoms with Crippen molar-refractivity contribution in [2.24, 2.45) is 0 Å². The number of aromatic amines is 1. The molecule has 1 aromatic heterocycles. The first kappa shape index (κ1) is 17.5. The molecule has 9 heteroatoms. The van der Waals surface area contributed by atoms with E-state index in [1.807, 2.05) is 12.1 Å². The number of ether oxygens (including phenoxy) is 1. The third kappa shape index (κ3) is 3.68. The van der Waals surface area contributed by atoms with Crippen LogP contribution in [0.3, 0.4) is 0 Å². The zero-order valence-electron chi connectivity index (χ0n) is 12.9. The Hall–Kier alpha value is -2.35. The van der Waals surface area contributed by atoms with Gasteiger partial charge >= 0.3 is 0 Å². The molecule has 0 radical (unpaired) electrons. The number of hydrogen-bond acceptors (Lipinski definition) is 4. The largest absolute Gasteiger partial charge is 0.497 e. The highest BCUT2D eigenvalue weighted by atomic mass is 35.5. The second-order valence-corrected chi connectivity index (χ2v) is 6.21. The number of carbonyl (C=O) groups excluding carboxylic acids is 1. The van der Waals surface area contributed by atoms with Crippen LogP contribution < -0.4 is 10.2 Å². The van der Waals surface area contributed by atoms with Crippen LogP contribution in [0, 0.1) is 4.77 Å². The van der Waals surface area contributed by atoms with Gasteiger partial charge in [0.2, 0.25) is 4.77 Å². The number of H-pyrrole nitrogens is 1. The summed E-state index contributed by atoms with van der Waals surface area (Å²) < 4.78 is 6.75. The molecule has 0 saturated heterocycles. The van der Waals surface area contributed by atoms with E-state index >= 15 is 0 Å². The lowest BCUT2D eigenvalue weighted by Crippen LogP contribution is -2.24. The van der Waals surface area contributed by atoms with Crippen molar-refractivity contribution in [3.8, 4) is 17.1 Å². The maximum absolute atomic E-state index is 12.5. The highest BCUT2D eigenvalue weighted by Crippen LogP contribution is 2.23. The molecule has 3 rings (SSSR count). The molecule has 0 aliphatic carbocycles. The fourth-order valence-corrected chi connectivity index (χ4v) is 2.84. The van der Waals surface area contributed by atoms with Gasteiger partial charge in [0.05, 0.1) is 17.7 Å². The number of rotatable bonds is 4. The van der Waals surface area contributed by atoms with Crippen molar-refractivity contribution in [1.29, 1.82) is 0 Å². The van der Waals surface area contributed by atoms with E-state index in [1.165, 1.54) is 16.8 Å². The molecular weight excluding hydrogens is 383 g/mol. The highest BCUT2D eigenvalue weighted by molar-refractivity contribution is 7.71. The van der Waals surface area contributed by atoms with E-state index in [0.29, 0.717) is 16.6 Å². The normalized spacial score (nSPS) is 10.5. The zero-order chi connectivity index (χ0) is 18.0. The SMILES string of the molecule is COc1ccc(-c2n[nH]c(=S)n2NC(=O)c2ccc(Cl)cc2Cl)cc1. The summed E-state index contributed by atoms with van der Waals surface area (Å²) >= 11 is 17.1. The molecule has 2 N–H and O–H groups in total. The van der Waals surface area contributed by atoms with Gasteiger partial charge in [-0.25, -0.2) is 9.77 Å². The summed E-state index contributed by atoms with van der Waals surface area (Å²) in [6, 6.07) is 11.8. The fraction of sp³-hybridized carbons (Fsp3) is 0.0625. The molecule has 1 amide bonds. The maximum atomic E-state index is 12.5. The van der Waals surface area contributed by atoms with Crippen molar-refractivity contribution in [2.45, 2.75) is 0 Å². The minimum atomic E-state index is -0.436. The van der Waals surface area contributed by atoms with Crippen molar-refractivity contribution in [3.63, 3.8) is 0 Å². The van der Waals surface area contributed by atoms with Crippen molar-refractivity contribution in [3.05, 3.63) is 62.8 Å². The van der Waals surface area contributed by atoms with Crippen LogP contribution in [0.25, 0.3) is 11.4 Å². The highest BCUT2D eigenvalue weighted by Gasteiger charge is 2.15. The summed E-state index contributed by atoms with van der Waals surface area (Å²) in [4.78, 5) is 12.5. The average Bonchev–Trinajstić information content (AvgIpc) is 2.95. The first-order valence-electron chi connectivity index (χ1n) is 7.08. The molecule has 0 unspecified atom stereocenters. The van der Waals surface area contributed by atoms with Gasteiger partial charge in [-0.05, 0) is 54.7 Å². The number of nitrogens with zero attached hydrogens (tertiary/aromatic N) is 2. The van der Waals surface area contributed by atoms with Crippen LogP contribution in [-0.2, 0) is 0 Å². The van der Waals surface area contributed by atoms with Crippen LogP contribution >= 0.6 is 35.4 Å². The first-order valence-corrected chi connectivity index (χ1v) is 8.24. The average molecular weight is 395 g/mol. The second kappa shape index (κ2) is 7.26. The second-order valence-electron chi connectivity index (χ2n) is 4.98. The van der Waals surface area contributed by atoms with Crippen LogP contribution in [0.4, 0.5) is 0 Å². The van der Waals surface area contributed by atoms with E-state index in [0.717, 1.165) is 5.56 Å². The van der Waals surface area contributed by atoms with Gasteiger partial charge in [0.25, 0.3) is 5.91 Å². The smallest absolute Gasteiger partial charge is 0.271 e. The Morgan fingerprint density at radius 2 is 1.96 bits per heavy atom. The third-order valence-electron chi connectivity index (χ3n) is 3.41. The van der Waals surface area contributed by atoms with Crippen LogP contribution in [-0.4, -0.2) is 27.9 Å². The molecular formula is C16H12Cl2N4O2S. The van der Waals surface area contributed by atoms with Gasteiger partial charge < -0.3 is 4.74 Å². The maximum Gasteiger partial charge on any atom is 0.271 e. The number of aromatic nitrogens is 3. The van der Waals surface area contributed by atoms with E-state index < -0.39 is 5.91 Å².